The molecule has 0 saturated heterocycles. The van der Waals surface area contributed by atoms with Crippen LogP contribution in [0.2, 0.25) is 0 Å². The maximum absolute atomic E-state index is 11.6. The highest BCUT2D eigenvalue weighted by atomic mass is 32.1. The maximum Gasteiger partial charge on any atom is 0.277 e. The first-order valence-corrected chi connectivity index (χ1v) is 5.99. The van der Waals surface area contributed by atoms with Crippen LogP contribution in [0.15, 0.2) is 26.8 Å². The van der Waals surface area contributed by atoms with E-state index in [0.29, 0.717) is 28.8 Å². The average molecular weight is 247 g/mol. The molecule has 3 aromatic rings. The fraction of sp³-hybridized carbons (Fsp3) is 0.182. The van der Waals surface area contributed by atoms with E-state index in [1.165, 1.54) is 4.88 Å². The zero-order chi connectivity index (χ0) is 11.8. The molecule has 1 N–H and O–H groups in total. The standard InChI is InChI=1S/C11H9N3O2S/c1-6-9-10(16-14-6)8(12-13-11(9)15)5-7-3-2-4-17-7/h2-4H,5H2,1H3,(H,13,15). The summed E-state index contributed by atoms with van der Waals surface area (Å²) >= 11 is 1.64. The van der Waals surface area contributed by atoms with Gasteiger partial charge in [0.05, 0.1) is 5.69 Å². The van der Waals surface area contributed by atoms with Crippen LogP contribution in [0.25, 0.3) is 11.0 Å². The predicted octanol–water partition coefficient (Wildman–Crippen LogP) is 1.87. The molecule has 0 spiro atoms. The molecule has 5 nitrogen and oxygen atoms in total. The fourth-order valence-electron chi connectivity index (χ4n) is 1.76. The molecule has 3 rings (SSSR count). The summed E-state index contributed by atoms with van der Waals surface area (Å²) in [6, 6.07) is 4.00. The van der Waals surface area contributed by atoms with Crippen molar-refractivity contribution in [3.8, 4) is 0 Å². The lowest BCUT2D eigenvalue weighted by Gasteiger charge is -1.97. The summed E-state index contributed by atoms with van der Waals surface area (Å²) in [6.45, 7) is 1.75. The van der Waals surface area contributed by atoms with Gasteiger partial charge in [0.15, 0.2) is 5.58 Å². The van der Waals surface area contributed by atoms with E-state index in [1.54, 1.807) is 18.3 Å². The first-order chi connectivity index (χ1) is 8.25. The molecule has 86 valence electrons. The Hall–Kier alpha value is -1.95. The molecule has 3 aromatic heterocycles. The largest absolute Gasteiger partial charge is 0.354 e. The topological polar surface area (TPSA) is 71.8 Å². The van der Waals surface area contributed by atoms with Crippen molar-refractivity contribution in [3.05, 3.63) is 44.1 Å². The summed E-state index contributed by atoms with van der Waals surface area (Å²) in [6.07, 6.45) is 0.638. The van der Waals surface area contributed by atoms with Gasteiger partial charge in [-0.15, -0.1) is 11.3 Å². The lowest BCUT2D eigenvalue weighted by Crippen LogP contribution is -2.10. The number of rotatable bonds is 2. The average Bonchev–Trinajstić information content (AvgIpc) is 2.93. The van der Waals surface area contributed by atoms with Crippen molar-refractivity contribution in [2.24, 2.45) is 0 Å². The molecule has 0 atom stereocenters. The van der Waals surface area contributed by atoms with Gasteiger partial charge in [-0.05, 0) is 18.4 Å². The quantitative estimate of drug-likeness (QED) is 0.750. The molecule has 0 aliphatic carbocycles. The summed E-state index contributed by atoms with van der Waals surface area (Å²) in [4.78, 5) is 12.8. The molecule has 0 fully saturated rings. The summed E-state index contributed by atoms with van der Waals surface area (Å²) in [5.41, 5.74) is 1.53. The van der Waals surface area contributed by atoms with Gasteiger partial charge < -0.3 is 4.52 Å². The van der Waals surface area contributed by atoms with Crippen molar-refractivity contribution < 1.29 is 4.52 Å². The van der Waals surface area contributed by atoms with Crippen LogP contribution in [0.5, 0.6) is 0 Å². The van der Waals surface area contributed by atoms with Crippen molar-refractivity contribution in [1.29, 1.82) is 0 Å². The van der Waals surface area contributed by atoms with Crippen molar-refractivity contribution in [3.63, 3.8) is 0 Å². The number of aryl methyl sites for hydroxylation is 1. The van der Waals surface area contributed by atoms with Gasteiger partial charge in [-0.2, -0.15) is 5.10 Å². The number of hydrogen-bond acceptors (Lipinski definition) is 5. The van der Waals surface area contributed by atoms with E-state index < -0.39 is 0 Å². The highest BCUT2D eigenvalue weighted by molar-refractivity contribution is 7.09. The van der Waals surface area contributed by atoms with Crippen LogP contribution in [-0.2, 0) is 6.42 Å². The Morgan fingerprint density at radius 2 is 2.41 bits per heavy atom. The number of aromatic amines is 1. The zero-order valence-electron chi connectivity index (χ0n) is 9.06. The Morgan fingerprint density at radius 3 is 3.18 bits per heavy atom. The number of hydrogen-bond donors (Lipinski definition) is 1. The second-order valence-corrected chi connectivity index (χ2v) is 4.76. The van der Waals surface area contributed by atoms with E-state index in [1.807, 2.05) is 17.5 Å². The normalized spacial score (nSPS) is 11.1. The van der Waals surface area contributed by atoms with E-state index >= 15 is 0 Å². The Balaban J connectivity index is 2.18. The Labute approximate surface area is 100 Å². The van der Waals surface area contributed by atoms with Crippen LogP contribution in [-0.4, -0.2) is 15.4 Å². The number of nitrogens with zero attached hydrogens (tertiary/aromatic N) is 2. The van der Waals surface area contributed by atoms with Gasteiger partial charge in [0.2, 0.25) is 0 Å². The third kappa shape index (κ3) is 1.66. The first-order valence-electron chi connectivity index (χ1n) is 5.11. The number of aromatic nitrogens is 3. The van der Waals surface area contributed by atoms with Crippen LogP contribution in [0.1, 0.15) is 16.3 Å². The van der Waals surface area contributed by atoms with Crippen LogP contribution in [0.3, 0.4) is 0 Å². The summed E-state index contributed by atoms with van der Waals surface area (Å²) in [7, 11) is 0. The molecule has 0 unspecified atom stereocenters. The van der Waals surface area contributed by atoms with Crippen molar-refractivity contribution in [2.75, 3.05) is 0 Å². The van der Waals surface area contributed by atoms with Gasteiger partial charge in [0.1, 0.15) is 11.1 Å². The highest BCUT2D eigenvalue weighted by Crippen LogP contribution is 2.20. The molecule has 0 amide bonds. The minimum Gasteiger partial charge on any atom is -0.354 e. The van der Waals surface area contributed by atoms with Crippen molar-refractivity contribution in [1.82, 2.24) is 15.4 Å². The molecule has 0 saturated carbocycles. The van der Waals surface area contributed by atoms with E-state index in [-0.39, 0.29) is 5.56 Å². The van der Waals surface area contributed by atoms with Crippen LogP contribution in [0, 0.1) is 6.92 Å². The molecule has 0 radical (unpaired) electrons. The maximum atomic E-state index is 11.6. The number of thiophene rings is 1. The molecular weight excluding hydrogens is 238 g/mol. The predicted molar refractivity (Wildman–Crippen MR) is 64.3 cm³/mol. The first kappa shape index (κ1) is 10.2. The molecule has 0 aliphatic rings. The molecule has 6 heteroatoms. The summed E-state index contributed by atoms with van der Waals surface area (Å²) in [5, 5.41) is 12.8. The van der Waals surface area contributed by atoms with Gasteiger partial charge >= 0.3 is 0 Å². The van der Waals surface area contributed by atoms with Gasteiger partial charge in [0.25, 0.3) is 5.56 Å². The zero-order valence-corrected chi connectivity index (χ0v) is 9.87. The second kappa shape index (κ2) is 3.81. The van der Waals surface area contributed by atoms with E-state index in [0.717, 1.165) is 0 Å². The van der Waals surface area contributed by atoms with E-state index in [9.17, 15) is 4.79 Å². The van der Waals surface area contributed by atoms with Crippen molar-refractivity contribution in [2.45, 2.75) is 13.3 Å². The lowest BCUT2D eigenvalue weighted by molar-refractivity contribution is 0.447. The van der Waals surface area contributed by atoms with Gasteiger partial charge in [-0.25, -0.2) is 5.10 Å². The molecule has 0 aliphatic heterocycles. The van der Waals surface area contributed by atoms with Crippen LogP contribution < -0.4 is 5.56 Å². The number of nitrogens with one attached hydrogen (secondary N) is 1. The third-order valence-corrected chi connectivity index (χ3v) is 3.44. The van der Waals surface area contributed by atoms with Crippen LogP contribution >= 0.6 is 11.3 Å². The molecule has 0 bridgehead atoms. The minimum atomic E-state index is -0.256. The number of H-pyrrole nitrogens is 1. The summed E-state index contributed by atoms with van der Waals surface area (Å²) in [5.74, 6) is 0. The Morgan fingerprint density at radius 1 is 1.53 bits per heavy atom. The molecule has 17 heavy (non-hydrogen) atoms. The van der Waals surface area contributed by atoms with E-state index in [2.05, 4.69) is 15.4 Å². The Kier molecular flexibility index (Phi) is 2.29. The lowest BCUT2D eigenvalue weighted by atomic mass is 10.2. The Bertz CT molecular complexity index is 712. The monoisotopic (exact) mass is 247 g/mol. The second-order valence-electron chi connectivity index (χ2n) is 3.73. The number of fused-ring (bicyclic) bond motifs is 1. The summed E-state index contributed by atoms with van der Waals surface area (Å²) < 4.78 is 5.18. The van der Waals surface area contributed by atoms with Crippen LogP contribution in [0.4, 0.5) is 0 Å². The third-order valence-electron chi connectivity index (χ3n) is 2.57. The molecule has 0 aromatic carbocycles. The minimum absolute atomic E-state index is 0.256. The smallest absolute Gasteiger partial charge is 0.277 e. The van der Waals surface area contributed by atoms with Crippen molar-refractivity contribution >= 4 is 22.3 Å². The van der Waals surface area contributed by atoms with Gasteiger partial charge in [0, 0.05) is 11.3 Å². The highest BCUT2D eigenvalue weighted by Gasteiger charge is 2.14. The fourth-order valence-corrected chi connectivity index (χ4v) is 2.47. The van der Waals surface area contributed by atoms with E-state index in [4.69, 9.17) is 4.52 Å². The SMILES string of the molecule is Cc1noc2c(Cc3cccs3)n[nH]c(=O)c12. The molecule has 3 heterocycles. The van der Waals surface area contributed by atoms with Gasteiger partial charge in [-0.1, -0.05) is 11.2 Å². The van der Waals surface area contributed by atoms with Gasteiger partial charge in [-0.3, -0.25) is 4.79 Å². The molecular formula is C11H9N3O2S.